The first-order valence-corrected chi connectivity index (χ1v) is 34.4. The highest BCUT2D eigenvalue weighted by Crippen LogP contribution is 2.38. The van der Waals surface area contributed by atoms with E-state index in [2.05, 4.69) is 129 Å². The molecule has 0 heterocycles. The molecule has 0 aliphatic carbocycles. The maximum atomic E-state index is 13.0. The molecular formula is C71H125N2O6P. The van der Waals surface area contributed by atoms with Crippen molar-refractivity contribution in [3.63, 3.8) is 0 Å². The van der Waals surface area contributed by atoms with E-state index in [1.54, 1.807) is 6.08 Å². The number of aliphatic hydroxyl groups excluding tert-OH is 1. The fourth-order valence-corrected chi connectivity index (χ4v) is 9.77. The Labute approximate surface area is 494 Å². The summed E-state index contributed by atoms with van der Waals surface area (Å²) in [4.78, 5) is 25.6. The van der Waals surface area contributed by atoms with Gasteiger partial charge in [0.25, 0.3) is 7.82 Å². The highest BCUT2D eigenvalue weighted by atomic mass is 31.2. The van der Waals surface area contributed by atoms with Crippen LogP contribution in [0.15, 0.2) is 122 Å². The second-order valence-electron chi connectivity index (χ2n) is 23.1. The van der Waals surface area contributed by atoms with E-state index in [4.69, 9.17) is 9.05 Å². The third-order valence-electron chi connectivity index (χ3n) is 14.1. The van der Waals surface area contributed by atoms with E-state index in [0.717, 1.165) is 103 Å². The van der Waals surface area contributed by atoms with E-state index < -0.39 is 26.6 Å². The van der Waals surface area contributed by atoms with Gasteiger partial charge in [-0.15, -0.1) is 0 Å². The number of unbranched alkanes of at least 4 members (excludes halogenated alkanes) is 28. The number of aliphatic hydroxyl groups is 1. The molecule has 0 bridgehead atoms. The molecule has 2 N–H and O–H groups in total. The van der Waals surface area contributed by atoms with Crippen molar-refractivity contribution in [3.05, 3.63) is 122 Å². The highest BCUT2D eigenvalue weighted by Gasteiger charge is 2.23. The number of nitrogens with one attached hydrogen (secondary N) is 1. The molecule has 0 rings (SSSR count). The van der Waals surface area contributed by atoms with Gasteiger partial charge in [0.1, 0.15) is 13.2 Å². The number of phosphoric acid groups is 1. The zero-order valence-electron chi connectivity index (χ0n) is 52.5. The smallest absolute Gasteiger partial charge is 0.268 e. The van der Waals surface area contributed by atoms with E-state index in [-0.39, 0.29) is 12.5 Å². The first kappa shape index (κ1) is 76.9. The Balaban J connectivity index is 4.26. The van der Waals surface area contributed by atoms with Crippen LogP contribution in [0, 0.1) is 0 Å². The number of quaternary nitrogens is 1. The molecular weight excluding hydrogens is 1010 g/mol. The lowest BCUT2D eigenvalue weighted by atomic mass is 10.0. The number of carbonyl (C=O) groups excluding carboxylic acids is 1. The summed E-state index contributed by atoms with van der Waals surface area (Å²) in [6.45, 7) is 4.51. The number of carbonyl (C=O) groups is 1. The van der Waals surface area contributed by atoms with Crippen LogP contribution in [0.3, 0.4) is 0 Å². The lowest BCUT2D eigenvalue weighted by Crippen LogP contribution is -2.45. The van der Waals surface area contributed by atoms with Gasteiger partial charge in [0.15, 0.2) is 0 Å². The number of hydrogen-bond donors (Lipinski definition) is 2. The van der Waals surface area contributed by atoms with Gasteiger partial charge in [-0.05, 0) is 103 Å². The molecule has 8 nitrogen and oxygen atoms in total. The highest BCUT2D eigenvalue weighted by molar-refractivity contribution is 7.45. The average Bonchev–Trinajstić information content (AvgIpc) is 3.42. The summed E-state index contributed by atoms with van der Waals surface area (Å²) in [6.07, 6.45) is 90.2. The Morgan fingerprint density at radius 1 is 0.450 bits per heavy atom. The third-order valence-corrected chi connectivity index (χ3v) is 15.1. The summed E-state index contributed by atoms with van der Waals surface area (Å²) in [5.41, 5.74) is 0. The fourth-order valence-electron chi connectivity index (χ4n) is 9.05. The summed E-state index contributed by atoms with van der Waals surface area (Å²) in [5.74, 6) is -0.226. The van der Waals surface area contributed by atoms with Crippen LogP contribution in [0.25, 0.3) is 0 Å². The summed E-state index contributed by atoms with van der Waals surface area (Å²) >= 11 is 0. The number of phosphoric ester groups is 1. The Morgan fingerprint density at radius 2 is 0.775 bits per heavy atom. The molecule has 0 aromatic rings. The molecule has 3 atom stereocenters. The van der Waals surface area contributed by atoms with Crippen molar-refractivity contribution in [1.29, 1.82) is 0 Å². The molecule has 0 aliphatic rings. The minimum Gasteiger partial charge on any atom is -0.756 e. The van der Waals surface area contributed by atoms with Crippen molar-refractivity contribution in [2.75, 3.05) is 40.9 Å². The Morgan fingerprint density at radius 3 is 1.16 bits per heavy atom. The van der Waals surface area contributed by atoms with Crippen LogP contribution < -0.4 is 10.2 Å². The van der Waals surface area contributed by atoms with Crippen LogP contribution >= 0.6 is 7.82 Å². The van der Waals surface area contributed by atoms with E-state index >= 15 is 0 Å². The van der Waals surface area contributed by atoms with Crippen LogP contribution in [0.5, 0.6) is 0 Å². The molecule has 0 saturated carbocycles. The minimum absolute atomic E-state index is 0.0179. The van der Waals surface area contributed by atoms with Gasteiger partial charge in [-0.1, -0.05) is 283 Å². The molecule has 0 fully saturated rings. The summed E-state index contributed by atoms with van der Waals surface area (Å²) < 4.78 is 23.4. The SMILES string of the molecule is CC/C=C\C/C=C\C/C=C\C/C=C\C/C=C\C/C=C\C/C=C\CCCCCCCCCC(=O)NC(COP(=O)([O-])OCC[N+](C)(C)C)C(O)/C=C/CC/C=C/CC/C=C/CCCCCCCCCCCCCCCCCCCCC. The van der Waals surface area contributed by atoms with E-state index in [0.29, 0.717) is 17.4 Å². The number of likely N-dealkylation sites (N-methyl/N-ethyl adjacent to an activating group) is 1. The van der Waals surface area contributed by atoms with Crippen molar-refractivity contribution in [2.45, 2.75) is 283 Å². The molecule has 1 amide bonds. The molecule has 0 aromatic heterocycles. The lowest BCUT2D eigenvalue weighted by Gasteiger charge is -2.29. The number of hydrogen-bond acceptors (Lipinski definition) is 6. The molecule has 0 spiro atoms. The third kappa shape index (κ3) is 62.5. The zero-order chi connectivity index (χ0) is 58.4. The van der Waals surface area contributed by atoms with Gasteiger partial charge in [0, 0.05) is 6.42 Å². The molecule has 9 heteroatoms. The van der Waals surface area contributed by atoms with Crippen LogP contribution in [0.2, 0.25) is 0 Å². The van der Waals surface area contributed by atoms with Crippen molar-refractivity contribution < 1.29 is 32.9 Å². The van der Waals surface area contributed by atoms with Crippen LogP contribution in [-0.4, -0.2) is 68.5 Å². The summed E-state index contributed by atoms with van der Waals surface area (Å²) in [6, 6.07) is -0.927. The second-order valence-corrected chi connectivity index (χ2v) is 24.5. The van der Waals surface area contributed by atoms with Gasteiger partial charge in [-0.2, -0.15) is 0 Å². The van der Waals surface area contributed by atoms with E-state index in [1.807, 2.05) is 27.2 Å². The molecule has 0 aliphatic heterocycles. The molecule has 80 heavy (non-hydrogen) atoms. The van der Waals surface area contributed by atoms with E-state index in [9.17, 15) is 19.4 Å². The Hall–Kier alpha value is -3.10. The van der Waals surface area contributed by atoms with Gasteiger partial charge in [-0.25, -0.2) is 0 Å². The quantitative estimate of drug-likeness (QED) is 0.0272. The average molecular weight is 1130 g/mol. The van der Waals surface area contributed by atoms with Crippen LogP contribution in [0.1, 0.15) is 271 Å². The second kappa shape index (κ2) is 60.5. The number of rotatable bonds is 59. The number of nitrogens with zero attached hydrogens (tertiary/aromatic N) is 1. The van der Waals surface area contributed by atoms with Gasteiger partial charge in [-0.3, -0.25) is 9.36 Å². The van der Waals surface area contributed by atoms with Crippen molar-refractivity contribution in [3.8, 4) is 0 Å². The topological polar surface area (TPSA) is 108 Å². The van der Waals surface area contributed by atoms with Gasteiger partial charge < -0.3 is 28.8 Å². The summed E-state index contributed by atoms with van der Waals surface area (Å²) in [5, 5.41) is 13.9. The Bertz CT molecular complexity index is 1720. The summed E-state index contributed by atoms with van der Waals surface area (Å²) in [7, 11) is 1.21. The van der Waals surface area contributed by atoms with Crippen molar-refractivity contribution in [2.24, 2.45) is 0 Å². The predicted molar refractivity (Wildman–Crippen MR) is 348 cm³/mol. The van der Waals surface area contributed by atoms with Gasteiger partial charge in [0.2, 0.25) is 5.91 Å². The largest absolute Gasteiger partial charge is 0.756 e. The molecule has 0 radical (unpaired) electrons. The monoisotopic (exact) mass is 1130 g/mol. The molecule has 3 unspecified atom stereocenters. The molecule has 460 valence electrons. The minimum atomic E-state index is -4.63. The fraction of sp³-hybridized carbons (Fsp3) is 0.704. The molecule has 0 aromatic carbocycles. The van der Waals surface area contributed by atoms with Crippen molar-refractivity contribution >= 4 is 13.7 Å². The van der Waals surface area contributed by atoms with Gasteiger partial charge in [0.05, 0.1) is 39.9 Å². The standard InChI is InChI=1S/C71H125N2O6P/c1-6-8-10-12-14-16-18-20-22-24-26-28-30-32-34-36-38-40-42-44-46-48-50-52-54-56-58-60-62-64-70(74)69(68-79-80(76,77)78-67-66-73(3,4)5)72-71(75)65-63-61-59-57-55-53-51-49-47-45-43-41-39-37-35-33-31-29-27-25-23-21-19-17-15-13-11-9-7-2/h9,11,15,17,21,23,27,29,33,35,39,41,45-48,54,56,62,64,69-70,74H,6-8,10,12-14,16,18-20,22,24-26,28,30-32,34,36-38,40,42-44,49-53,55,57-61,63,65-68H2,1-5H3,(H-,72,75,76,77)/b11-9-,17-15-,23-21-,29-27-,35-33-,41-39-,47-45-,48-46+,56-54+,64-62+. The normalized spacial score (nSPS) is 14.5. The maximum absolute atomic E-state index is 13.0. The number of amides is 1. The first-order valence-electron chi connectivity index (χ1n) is 32.9. The van der Waals surface area contributed by atoms with Crippen LogP contribution in [-0.2, 0) is 18.4 Å². The lowest BCUT2D eigenvalue weighted by molar-refractivity contribution is -0.870. The van der Waals surface area contributed by atoms with E-state index in [1.165, 1.54) is 148 Å². The maximum Gasteiger partial charge on any atom is 0.268 e. The van der Waals surface area contributed by atoms with Gasteiger partial charge >= 0.3 is 0 Å². The predicted octanol–water partition coefficient (Wildman–Crippen LogP) is 20.2. The number of allylic oxidation sites excluding steroid dienone is 19. The Kier molecular flexibility index (Phi) is 58.1. The van der Waals surface area contributed by atoms with Crippen LogP contribution in [0.4, 0.5) is 0 Å². The first-order chi connectivity index (χ1) is 39.0. The molecule has 0 saturated heterocycles. The van der Waals surface area contributed by atoms with Crippen molar-refractivity contribution in [1.82, 2.24) is 5.32 Å². The zero-order valence-corrected chi connectivity index (χ0v) is 53.4.